The molecular formula is C16H32N2O. The smallest absolute Gasteiger partial charge is 0.246 e. The van der Waals surface area contributed by atoms with E-state index in [2.05, 4.69) is 24.1 Å². The molecule has 0 aromatic heterocycles. The molecule has 19 heavy (non-hydrogen) atoms. The fourth-order valence-corrected chi connectivity index (χ4v) is 1.92. The van der Waals surface area contributed by atoms with Gasteiger partial charge in [0.25, 0.3) is 0 Å². The second-order valence-electron chi connectivity index (χ2n) is 5.26. The van der Waals surface area contributed by atoms with Gasteiger partial charge < -0.3 is 10.6 Å². The average molecular weight is 268 g/mol. The quantitative estimate of drug-likeness (QED) is 0.397. The molecule has 0 aliphatic rings. The lowest BCUT2D eigenvalue weighted by molar-refractivity contribution is -0.117. The van der Waals surface area contributed by atoms with Crippen molar-refractivity contribution >= 4 is 5.91 Å². The van der Waals surface area contributed by atoms with E-state index in [1.807, 2.05) is 0 Å². The molecule has 0 bridgehead atoms. The van der Waals surface area contributed by atoms with Gasteiger partial charge in [-0.1, -0.05) is 58.4 Å². The molecule has 3 nitrogen and oxygen atoms in total. The molecule has 0 saturated carbocycles. The van der Waals surface area contributed by atoms with Crippen LogP contribution in [0.25, 0.3) is 0 Å². The zero-order chi connectivity index (χ0) is 14.3. The first-order valence-electron chi connectivity index (χ1n) is 7.83. The molecule has 112 valence electrons. The van der Waals surface area contributed by atoms with Gasteiger partial charge in [-0.15, -0.1) is 0 Å². The summed E-state index contributed by atoms with van der Waals surface area (Å²) >= 11 is 0. The van der Waals surface area contributed by atoms with Crippen LogP contribution in [0.4, 0.5) is 0 Å². The zero-order valence-corrected chi connectivity index (χ0v) is 12.9. The fourth-order valence-electron chi connectivity index (χ4n) is 1.92. The summed E-state index contributed by atoms with van der Waals surface area (Å²) in [4.78, 5) is 11.2. The van der Waals surface area contributed by atoms with E-state index >= 15 is 0 Å². The first-order chi connectivity index (χ1) is 9.18. The van der Waals surface area contributed by atoms with Crippen molar-refractivity contribution in [3.63, 3.8) is 0 Å². The summed E-state index contributed by atoms with van der Waals surface area (Å²) in [6, 6.07) is 0. The van der Waals surface area contributed by atoms with Gasteiger partial charge in [0.05, 0.1) is 0 Å². The van der Waals surface area contributed by atoms with E-state index in [0.29, 0.717) is 12.1 Å². The van der Waals surface area contributed by atoms with Gasteiger partial charge in [-0.05, 0) is 19.9 Å². The third kappa shape index (κ3) is 13.4. The third-order valence-corrected chi connectivity index (χ3v) is 3.18. The van der Waals surface area contributed by atoms with Crippen LogP contribution < -0.4 is 10.6 Å². The van der Waals surface area contributed by atoms with Crippen molar-refractivity contribution in [1.29, 1.82) is 0 Å². The molecule has 0 saturated heterocycles. The summed E-state index contributed by atoms with van der Waals surface area (Å²) in [6.07, 6.45) is 10.8. The molecule has 1 amide bonds. The number of carbonyl (C=O) groups excluding carboxylic acids is 1. The van der Waals surface area contributed by atoms with Crippen molar-refractivity contribution in [3.8, 4) is 0 Å². The summed E-state index contributed by atoms with van der Waals surface area (Å²) in [5.41, 5.74) is 0.572. The van der Waals surface area contributed by atoms with Gasteiger partial charge in [0.1, 0.15) is 0 Å². The molecule has 0 unspecified atom stereocenters. The number of hydrogen-bond donors (Lipinski definition) is 2. The highest BCUT2D eigenvalue weighted by molar-refractivity contribution is 5.92. The van der Waals surface area contributed by atoms with Crippen molar-refractivity contribution in [1.82, 2.24) is 10.6 Å². The SMILES string of the molecule is C=C(C)C(=O)NCCNCCCCCCCCCC. The molecule has 0 radical (unpaired) electrons. The first-order valence-corrected chi connectivity index (χ1v) is 7.83. The van der Waals surface area contributed by atoms with Crippen molar-refractivity contribution in [2.45, 2.75) is 65.2 Å². The van der Waals surface area contributed by atoms with Crippen molar-refractivity contribution in [2.75, 3.05) is 19.6 Å². The summed E-state index contributed by atoms with van der Waals surface area (Å²) in [6.45, 7) is 10.2. The van der Waals surface area contributed by atoms with Crippen LogP contribution in [-0.2, 0) is 4.79 Å². The Kier molecular flexibility index (Phi) is 13.0. The monoisotopic (exact) mass is 268 g/mol. The Labute approximate surface area is 119 Å². The second-order valence-corrected chi connectivity index (χ2v) is 5.26. The van der Waals surface area contributed by atoms with E-state index in [-0.39, 0.29) is 5.91 Å². The molecule has 0 aliphatic heterocycles. The van der Waals surface area contributed by atoms with Gasteiger partial charge in [-0.25, -0.2) is 0 Å². The summed E-state index contributed by atoms with van der Waals surface area (Å²) in [7, 11) is 0. The largest absolute Gasteiger partial charge is 0.351 e. The van der Waals surface area contributed by atoms with Crippen molar-refractivity contribution < 1.29 is 4.79 Å². The topological polar surface area (TPSA) is 41.1 Å². The van der Waals surface area contributed by atoms with Crippen LogP contribution in [0.5, 0.6) is 0 Å². The molecule has 0 heterocycles. The molecule has 0 aromatic carbocycles. The Morgan fingerprint density at radius 1 is 0.895 bits per heavy atom. The van der Waals surface area contributed by atoms with Gasteiger partial charge in [0.2, 0.25) is 5.91 Å². The third-order valence-electron chi connectivity index (χ3n) is 3.18. The Balaban J connectivity index is 3.07. The molecule has 2 N–H and O–H groups in total. The van der Waals surface area contributed by atoms with Crippen molar-refractivity contribution in [3.05, 3.63) is 12.2 Å². The molecule has 0 fully saturated rings. The lowest BCUT2D eigenvalue weighted by Crippen LogP contribution is -2.32. The number of amides is 1. The molecule has 0 aliphatic carbocycles. The van der Waals surface area contributed by atoms with E-state index < -0.39 is 0 Å². The maximum Gasteiger partial charge on any atom is 0.246 e. The van der Waals surface area contributed by atoms with Crippen LogP contribution in [0, 0.1) is 0 Å². The highest BCUT2D eigenvalue weighted by Gasteiger charge is 1.98. The molecule has 3 heteroatoms. The lowest BCUT2D eigenvalue weighted by atomic mass is 10.1. The molecule has 0 atom stereocenters. The minimum absolute atomic E-state index is 0.0473. The number of nitrogens with one attached hydrogen (secondary N) is 2. The normalized spacial score (nSPS) is 10.4. The molecule has 0 rings (SSSR count). The number of hydrogen-bond acceptors (Lipinski definition) is 2. The Hall–Kier alpha value is -0.830. The fraction of sp³-hybridized carbons (Fsp3) is 0.812. The van der Waals surface area contributed by atoms with Gasteiger partial charge in [0.15, 0.2) is 0 Å². The van der Waals surface area contributed by atoms with Gasteiger partial charge in [-0.3, -0.25) is 4.79 Å². The summed E-state index contributed by atoms with van der Waals surface area (Å²) < 4.78 is 0. The maximum atomic E-state index is 11.2. The summed E-state index contributed by atoms with van der Waals surface area (Å²) in [5.74, 6) is -0.0473. The molecular weight excluding hydrogens is 236 g/mol. The van der Waals surface area contributed by atoms with Gasteiger partial charge >= 0.3 is 0 Å². The van der Waals surface area contributed by atoms with Crippen LogP contribution in [-0.4, -0.2) is 25.5 Å². The lowest BCUT2D eigenvalue weighted by Gasteiger charge is -2.06. The average Bonchev–Trinajstić information content (AvgIpc) is 2.39. The number of carbonyl (C=O) groups is 1. The predicted molar refractivity (Wildman–Crippen MR) is 83.3 cm³/mol. The summed E-state index contributed by atoms with van der Waals surface area (Å²) in [5, 5.41) is 6.16. The minimum atomic E-state index is -0.0473. The standard InChI is InChI=1S/C16H32N2O/c1-4-5-6-7-8-9-10-11-12-17-13-14-18-16(19)15(2)3/h17H,2,4-14H2,1,3H3,(H,18,19). The Morgan fingerprint density at radius 3 is 2.05 bits per heavy atom. The van der Waals surface area contributed by atoms with E-state index in [1.165, 1.54) is 51.4 Å². The predicted octanol–water partition coefficient (Wildman–Crippen LogP) is 3.41. The van der Waals surface area contributed by atoms with E-state index in [0.717, 1.165) is 13.1 Å². The van der Waals surface area contributed by atoms with E-state index in [4.69, 9.17) is 0 Å². The number of rotatable bonds is 13. The minimum Gasteiger partial charge on any atom is -0.351 e. The van der Waals surface area contributed by atoms with Crippen LogP contribution in [0.3, 0.4) is 0 Å². The van der Waals surface area contributed by atoms with Crippen LogP contribution in [0.2, 0.25) is 0 Å². The van der Waals surface area contributed by atoms with Crippen LogP contribution >= 0.6 is 0 Å². The van der Waals surface area contributed by atoms with Crippen LogP contribution in [0.1, 0.15) is 65.2 Å². The molecule has 0 spiro atoms. The molecule has 0 aromatic rings. The van der Waals surface area contributed by atoms with Crippen LogP contribution in [0.15, 0.2) is 12.2 Å². The van der Waals surface area contributed by atoms with E-state index in [1.54, 1.807) is 6.92 Å². The van der Waals surface area contributed by atoms with Gasteiger partial charge in [0, 0.05) is 18.7 Å². The Morgan fingerprint density at radius 2 is 1.47 bits per heavy atom. The zero-order valence-electron chi connectivity index (χ0n) is 12.9. The Bertz CT molecular complexity index is 239. The first kappa shape index (κ1) is 18.2. The highest BCUT2D eigenvalue weighted by Crippen LogP contribution is 2.07. The van der Waals surface area contributed by atoms with Crippen molar-refractivity contribution in [2.24, 2.45) is 0 Å². The second kappa shape index (κ2) is 13.6. The van der Waals surface area contributed by atoms with Gasteiger partial charge in [-0.2, -0.15) is 0 Å². The highest BCUT2D eigenvalue weighted by atomic mass is 16.1. The number of unbranched alkanes of at least 4 members (excludes halogenated alkanes) is 7. The van der Waals surface area contributed by atoms with E-state index in [9.17, 15) is 4.79 Å². The maximum absolute atomic E-state index is 11.2.